The second-order valence-corrected chi connectivity index (χ2v) is 9.80. The molecule has 0 unspecified atom stereocenters. The number of aryl methyl sites for hydroxylation is 2. The lowest BCUT2D eigenvalue weighted by atomic mass is 10.0. The highest BCUT2D eigenvalue weighted by molar-refractivity contribution is 6.05. The predicted molar refractivity (Wildman–Crippen MR) is 158 cm³/mol. The number of hydrogen-bond acceptors (Lipinski definition) is 3. The maximum Gasteiger partial charge on any atom is 0.121 e. The second-order valence-electron chi connectivity index (χ2n) is 9.80. The van der Waals surface area contributed by atoms with Gasteiger partial charge in [0.25, 0.3) is 0 Å². The van der Waals surface area contributed by atoms with E-state index in [0.29, 0.717) is 0 Å². The van der Waals surface area contributed by atoms with E-state index in [1.807, 2.05) is 6.07 Å². The first-order chi connectivity index (χ1) is 18.7. The molecule has 0 aliphatic heterocycles. The Morgan fingerprint density at radius 3 is 1.82 bits per heavy atom. The molecule has 1 heterocycles. The number of hydrogen-bond donors (Lipinski definition) is 0. The summed E-state index contributed by atoms with van der Waals surface area (Å²) in [6, 6.07) is 42.7. The smallest absolute Gasteiger partial charge is 0.121 e. The van der Waals surface area contributed by atoms with E-state index in [2.05, 4.69) is 134 Å². The van der Waals surface area contributed by atoms with Crippen molar-refractivity contribution in [2.75, 3.05) is 4.90 Å². The Labute approximate surface area is 221 Å². The first kappa shape index (κ1) is 22.3. The molecule has 0 bridgehead atoms. The number of nitrogens with zero attached hydrogens (tertiary/aromatic N) is 4. The van der Waals surface area contributed by atoms with Gasteiger partial charge < -0.3 is 4.90 Å². The lowest BCUT2D eigenvalue weighted by Crippen LogP contribution is -2.11. The van der Waals surface area contributed by atoms with E-state index >= 15 is 0 Å². The summed E-state index contributed by atoms with van der Waals surface area (Å²) in [5.41, 5.74) is 8.58. The van der Waals surface area contributed by atoms with Gasteiger partial charge in [-0.25, -0.2) is 0 Å². The first-order valence-electron chi connectivity index (χ1n) is 12.9. The summed E-state index contributed by atoms with van der Waals surface area (Å²) in [7, 11) is 0. The number of aromatic nitrogens is 3. The van der Waals surface area contributed by atoms with Crippen LogP contribution in [0.15, 0.2) is 121 Å². The van der Waals surface area contributed by atoms with Crippen LogP contribution in [0.25, 0.3) is 38.3 Å². The van der Waals surface area contributed by atoms with Gasteiger partial charge in [0.1, 0.15) is 11.0 Å². The van der Waals surface area contributed by atoms with E-state index < -0.39 is 0 Å². The van der Waals surface area contributed by atoms with Crippen molar-refractivity contribution in [2.45, 2.75) is 13.8 Å². The summed E-state index contributed by atoms with van der Waals surface area (Å²) in [5, 5.41) is 14.4. The molecule has 7 rings (SSSR count). The molecule has 4 nitrogen and oxygen atoms in total. The van der Waals surface area contributed by atoms with Gasteiger partial charge in [0.05, 0.1) is 11.4 Å². The highest BCUT2D eigenvalue weighted by Crippen LogP contribution is 2.40. The summed E-state index contributed by atoms with van der Waals surface area (Å²) < 4.78 is 0. The maximum absolute atomic E-state index is 4.96. The van der Waals surface area contributed by atoms with Crippen molar-refractivity contribution in [2.24, 2.45) is 0 Å². The van der Waals surface area contributed by atoms with Crippen molar-refractivity contribution >= 4 is 49.6 Å². The molecule has 182 valence electrons. The average Bonchev–Trinajstić information content (AvgIpc) is 3.40. The van der Waals surface area contributed by atoms with Crippen molar-refractivity contribution in [3.8, 4) is 5.69 Å². The van der Waals surface area contributed by atoms with Crippen molar-refractivity contribution in [1.82, 2.24) is 15.0 Å². The average molecular weight is 491 g/mol. The second kappa shape index (κ2) is 8.86. The van der Waals surface area contributed by atoms with E-state index in [0.717, 1.165) is 49.9 Å². The topological polar surface area (TPSA) is 34.0 Å². The van der Waals surface area contributed by atoms with E-state index in [-0.39, 0.29) is 0 Å². The Morgan fingerprint density at radius 2 is 1.13 bits per heavy atom. The molecule has 6 aromatic carbocycles. The molecule has 4 heteroatoms. The van der Waals surface area contributed by atoms with Crippen LogP contribution in [0.2, 0.25) is 0 Å². The van der Waals surface area contributed by atoms with Gasteiger partial charge >= 0.3 is 0 Å². The summed E-state index contributed by atoms with van der Waals surface area (Å²) in [6.45, 7) is 4.24. The monoisotopic (exact) mass is 490 g/mol. The fourth-order valence-electron chi connectivity index (χ4n) is 5.21. The van der Waals surface area contributed by atoms with Gasteiger partial charge in [0.15, 0.2) is 0 Å². The Hall–Kier alpha value is -4.96. The molecule has 0 aliphatic rings. The van der Waals surface area contributed by atoms with Gasteiger partial charge in [-0.2, -0.15) is 0 Å². The zero-order valence-electron chi connectivity index (χ0n) is 21.3. The van der Waals surface area contributed by atoms with Gasteiger partial charge in [-0.3, -0.25) is 0 Å². The van der Waals surface area contributed by atoms with Crippen LogP contribution < -0.4 is 4.90 Å². The molecule has 1 aromatic heterocycles. The molecule has 0 N–H and O–H groups in total. The third-order valence-corrected chi connectivity index (χ3v) is 7.20. The molecule has 0 amide bonds. The highest BCUT2D eigenvalue weighted by Gasteiger charge is 2.18. The van der Waals surface area contributed by atoms with Gasteiger partial charge in [0, 0.05) is 27.5 Å². The maximum atomic E-state index is 4.96. The molecular formula is C34H26N4. The molecule has 0 fully saturated rings. The lowest BCUT2D eigenvalue weighted by molar-refractivity contribution is 0.772. The minimum absolute atomic E-state index is 0.887. The summed E-state index contributed by atoms with van der Waals surface area (Å²) in [5.74, 6) is 0. The number of anilines is 3. The Kier molecular flexibility index (Phi) is 5.19. The van der Waals surface area contributed by atoms with Crippen LogP contribution in [0, 0.1) is 13.8 Å². The van der Waals surface area contributed by atoms with Crippen molar-refractivity contribution in [3.05, 3.63) is 132 Å². The zero-order chi connectivity index (χ0) is 25.6. The quantitative estimate of drug-likeness (QED) is 0.247. The van der Waals surface area contributed by atoms with Crippen LogP contribution in [-0.4, -0.2) is 15.0 Å². The van der Waals surface area contributed by atoms with E-state index in [9.17, 15) is 0 Å². The van der Waals surface area contributed by atoms with Gasteiger partial charge in [0.2, 0.25) is 0 Å². The third-order valence-electron chi connectivity index (χ3n) is 7.20. The number of rotatable bonds is 4. The highest BCUT2D eigenvalue weighted by atomic mass is 15.5. The first-order valence-corrected chi connectivity index (χ1v) is 12.9. The number of fused-ring (bicyclic) bond motifs is 4. The largest absolute Gasteiger partial charge is 0.310 e. The third kappa shape index (κ3) is 3.70. The minimum Gasteiger partial charge on any atom is -0.310 e. The van der Waals surface area contributed by atoms with Crippen LogP contribution >= 0.6 is 0 Å². The molecule has 7 aromatic rings. The summed E-state index contributed by atoms with van der Waals surface area (Å²) in [6.07, 6.45) is 0. The molecule has 0 spiro atoms. The molecule has 0 radical (unpaired) electrons. The Balaban J connectivity index is 1.44. The van der Waals surface area contributed by atoms with E-state index in [4.69, 9.17) is 10.2 Å². The zero-order valence-corrected chi connectivity index (χ0v) is 21.3. The lowest BCUT2D eigenvalue weighted by Gasteiger charge is -2.27. The fraction of sp³-hybridized carbons (Fsp3) is 0.0588. The normalized spacial score (nSPS) is 11.4. The van der Waals surface area contributed by atoms with Crippen LogP contribution in [0.4, 0.5) is 17.1 Å². The Bertz CT molecular complexity index is 1890. The van der Waals surface area contributed by atoms with Crippen molar-refractivity contribution < 1.29 is 0 Å². The van der Waals surface area contributed by atoms with E-state index in [1.54, 1.807) is 4.80 Å². The predicted octanol–water partition coefficient (Wildman–Crippen LogP) is 8.81. The van der Waals surface area contributed by atoms with Crippen molar-refractivity contribution in [1.29, 1.82) is 0 Å². The van der Waals surface area contributed by atoms with Gasteiger partial charge in [-0.05, 0) is 61.7 Å². The van der Waals surface area contributed by atoms with Gasteiger partial charge in [-0.15, -0.1) is 15.0 Å². The van der Waals surface area contributed by atoms with Crippen molar-refractivity contribution in [3.63, 3.8) is 0 Å². The molecular weight excluding hydrogens is 464 g/mol. The summed E-state index contributed by atoms with van der Waals surface area (Å²) >= 11 is 0. The summed E-state index contributed by atoms with van der Waals surface area (Å²) in [4.78, 5) is 4.11. The minimum atomic E-state index is 0.887. The molecule has 0 saturated carbocycles. The SMILES string of the molecule is Cc1ccc(N(c2ccc(C)cc2)c2ccc(-n3nc4ccc5ccccc5c4n3)c3ccccc23)cc1. The molecule has 0 atom stereocenters. The molecule has 0 aliphatic carbocycles. The molecule has 0 saturated heterocycles. The Morgan fingerprint density at radius 1 is 0.526 bits per heavy atom. The van der Waals surface area contributed by atoms with Crippen LogP contribution in [0.1, 0.15) is 11.1 Å². The van der Waals surface area contributed by atoms with Crippen LogP contribution in [0.3, 0.4) is 0 Å². The van der Waals surface area contributed by atoms with Gasteiger partial charge in [-0.1, -0.05) is 90.0 Å². The fourth-order valence-corrected chi connectivity index (χ4v) is 5.21. The number of benzene rings is 6. The van der Waals surface area contributed by atoms with Crippen LogP contribution in [-0.2, 0) is 0 Å². The van der Waals surface area contributed by atoms with Crippen LogP contribution in [0.5, 0.6) is 0 Å². The standard InChI is InChI=1S/C34H26N4/c1-23-11-16-26(17-12-23)37(27-18-13-24(2)14-19-27)32-21-22-33(30-10-6-5-9-29(30)32)38-35-31-20-15-25-7-3-4-8-28(25)34(31)36-38/h3-22H,1-2H3. The van der Waals surface area contributed by atoms with E-state index in [1.165, 1.54) is 16.5 Å². The molecule has 38 heavy (non-hydrogen) atoms.